The van der Waals surface area contributed by atoms with Gasteiger partial charge in [-0.3, -0.25) is 0 Å². The number of hydrogen-bond donors (Lipinski definition) is 0. The Morgan fingerprint density at radius 2 is 2.67 bits per heavy atom. The number of allylic oxidation sites excluding steroid dienone is 1. The molecule has 1 atom stereocenters. The van der Waals surface area contributed by atoms with Gasteiger partial charge in [-0.2, -0.15) is 0 Å². The molecule has 9 heavy (non-hydrogen) atoms. The monoisotopic (exact) mass is 122 g/mol. The number of fused-ring (bicyclic) bond motifs is 1. The first kappa shape index (κ1) is 4.86. The van der Waals surface area contributed by atoms with E-state index in [0.29, 0.717) is 6.79 Å². The minimum atomic E-state index is 0.0370. The summed E-state index contributed by atoms with van der Waals surface area (Å²) in [4.78, 5) is 0. The van der Waals surface area contributed by atoms with E-state index in [2.05, 4.69) is 5.73 Å². The first-order valence-electron chi connectivity index (χ1n) is 2.84. The Morgan fingerprint density at radius 3 is 3.56 bits per heavy atom. The molecule has 1 heterocycles. The number of hydrogen-bond acceptors (Lipinski definition) is 2. The quantitative estimate of drug-likeness (QED) is 0.446. The minimum Gasteiger partial charge on any atom is -0.461 e. The van der Waals surface area contributed by atoms with Crippen molar-refractivity contribution < 1.29 is 9.47 Å². The first-order chi connectivity index (χ1) is 4.47. The molecular weight excluding hydrogens is 116 g/mol. The summed E-state index contributed by atoms with van der Waals surface area (Å²) < 4.78 is 10.2. The maximum atomic E-state index is 5.13. The summed E-state index contributed by atoms with van der Waals surface area (Å²) in [5.74, 6) is 0.803. The molecule has 1 aliphatic heterocycles. The fourth-order valence-corrected chi connectivity index (χ4v) is 0.882. The van der Waals surface area contributed by atoms with Gasteiger partial charge in [0.2, 0.25) is 0 Å². The highest BCUT2D eigenvalue weighted by atomic mass is 16.7. The van der Waals surface area contributed by atoms with E-state index in [4.69, 9.17) is 9.47 Å². The van der Waals surface area contributed by atoms with Crippen LogP contribution < -0.4 is 0 Å². The van der Waals surface area contributed by atoms with Crippen LogP contribution in [0.15, 0.2) is 29.7 Å². The molecule has 0 aromatic heterocycles. The molecule has 0 spiro atoms. The van der Waals surface area contributed by atoms with Crippen molar-refractivity contribution in [2.75, 3.05) is 6.79 Å². The van der Waals surface area contributed by atoms with Crippen LogP contribution in [0.1, 0.15) is 0 Å². The van der Waals surface area contributed by atoms with Gasteiger partial charge in [0, 0.05) is 0 Å². The van der Waals surface area contributed by atoms with Gasteiger partial charge in [-0.25, -0.2) is 0 Å². The maximum absolute atomic E-state index is 5.13. The van der Waals surface area contributed by atoms with Gasteiger partial charge in [-0.1, -0.05) is 11.8 Å². The van der Waals surface area contributed by atoms with Crippen LogP contribution in [0.5, 0.6) is 0 Å². The molecule has 2 aliphatic rings. The normalized spacial score (nSPS) is 29.3. The van der Waals surface area contributed by atoms with Crippen LogP contribution in [0.2, 0.25) is 0 Å². The van der Waals surface area contributed by atoms with Gasteiger partial charge in [0.15, 0.2) is 12.6 Å². The standard InChI is InChI=1S/C7H6O2/c1-2-4-7-6(3-1)8-5-9-7/h1-3,6H,5H2. The fraction of sp³-hybridized carbons (Fsp3) is 0.286. The third-order valence-corrected chi connectivity index (χ3v) is 1.33. The van der Waals surface area contributed by atoms with Crippen molar-refractivity contribution in [1.29, 1.82) is 0 Å². The van der Waals surface area contributed by atoms with Crippen molar-refractivity contribution in [2.45, 2.75) is 6.10 Å². The van der Waals surface area contributed by atoms with Gasteiger partial charge < -0.3 is 9.47 Å². The topological polar surface area (TPSA) is 18.5 Å². The molecule has 0 radical (unpaired) electrons. The van der Waals surface area contributed by atoms with Gasteiger partial charge in [0.05, 0.1) is 0 Å². The molecule has 0 saturated carbocycles. The molecule has 2 nitrogen and oxygen atoms in total. The highest BCUT2D eigenvalue weighted by molar-refractivity contribution is 5.21. The Balaban J connectivity index is 2.39. The molecular formula is C7H6O2. The third kappa shape index (κ3) is 0.689. The van der Waals surface area contributed by atoms with Crippen LogP contribution in [-0.2, 0) is 9.47 Å². The van der Waals surface area contributed by atoms with E-state index < -0.39 is 0 Å². The summed E-state index contributed by atoms with van der Waals surface area (Å²) >= 11 is 0. The van der Waals surface area contributed by atoms with Crippen molar-refractivity contribution in [3.05, 3.63) is 29.7 Å². The van der Waals surface area contributed by atoms with Crippen molar-refractivity contribution in [2.24, 2.45) is 0 Å². The molecule has 1 saturated heterocycles. The second-order valence-electron chi connectivity index (χ2n) is 1.91. The van der Waals surface area contributed by atoms with E-state index in [0.717, 1.165) is 5.76 Å². The van der Waals surface area contributed by atoms with Crippen molar-refractivity contribution in [3.63, 3.8) is 0 Å². The van der Waals surface area contributed by atoms with Crippen LogP contribution in [0.25, 0.3) is 0 Å². The summed E-state index contributed by atoms with van der Waals surface area (Å²) in [6.45, 7) is 0.366. The average Bonchev–Trinajstić information content (AvgIpc) is 2.33. The Hall–Kier alpha value is -0.980. The Bertz CT molecular complexity index is 209. The zero-order chi connectivity index (χ0) is 6.10. The smallest absolute Gasteiger partial charge is 0.190 e. The highest BCUT2D eigenvalue weighted by Crippen LogP contribution is 2.18. The highest BCUT2D eigenvalue weighted by Gasteiger charge is 2.20. The lowest BCUT2D eigenvalue weighted by Gasteiger charge is -2.00. The lowest BCUT2D eigenvalue weighted by molar-refractivity contribution is 0.0630. The molecule has 0 aromatic rings. The van der Waals surface area contributed by atoms with Crippen LogP contribution >= 0.6 is 0 Å². The SMILES string of the molecule is C1=CC=CC2OCOC=12. The summed E-state index contributed by atoms with van der Waals surface area (Å²) in [5.41, 5.74) is 2.94. The lowest BCUT2D eigenvalue weighted by atomic mass is 10.2. The third-order valence-electron chi connectivity index (χ3n) is 1.33. The predicted molar refractivity (Wildman–Crippen MR) is 31.6 cm³/mol. The van der Waals surface area contributed by atoms with Gasteiger partial charge >= 0.3 is 0 Å². The molecule has 46 valence electrons. The van der Waals surface area contributed by atoms with E-state index in [-0.39, 0.29) is 6.10 Å². The molecule has 1 unspecified atom stereocenters. The Labute approximate surface area is 53.1 Å². The summed E-state index contributed by atoms with van der Waals surface area (Å²) in [7, 11) is 0. The molecule has 1 aliphatic carbocycles. The molecule has 0 aromatic carbocycles. The number of rotatable bonds is 0. The van der Waals surface area contributed by atoms with Crippen LogP contribution in [0.3, 0.4) is 0 Å². The first-order valence-corrected chi connectivity index (χ1v) is 2.84. The molecule has 2 heteroatoms. The molecule has 0 N–H and O–H groups in total. The Kier molecular flexibility index (Phi) is 0.950. The van der Waals surface area contributed by atoms with Crippen molar-refractivity contribution in [1.82, 2.24) is 0 Å². The van der Waals surface area contributed by atoms with Crippen molar-refractivity contribution >= 4 is 0 Å². The van der Waals surface area contributed by atoms with E-state index in [1.807, 2.05) is 18.2 Å². The van der Waals surface area contributed by atoms with Crippen LogP contribution in [-0.4, -0.2) is 12.9 Å². The maximum Gasteiger partial charge on any atom is 0.190 e. The lowest BCUT2D eigenvalue weighted by Crippen LogP contribution is -2.03. The predicted octanol–water partition coefficient (Wildman–Crippen LogP) is 0.968. The number of ether oxygens (including phenoxy) is 2. The van der Waals surface area contributed by atoms with Crippen LogP contribution in [0.4, 0.5) is 0 Å². The average molecular weight is 122 g/mol. The summed E-state index contributed by atoms with van der Waals surface area (Å²) in [6, 6.07) is 0. The van der Waals surface area contributed by atoms with Gasteiger partial charge in [0.25, 0.3) is 0 Å². The second-order valence-corrected chi connectivity index (χ2v) is 1.91. The molecule has 0 bridgehead atoms. The van der Waals surface area contributed by atoms with Gasteiger partial charge in [0.1, 0.15) is 6.10 Å². The summed E-state index contributed by atoms with van der Waals surface area (Å²) in [5, 5.41) is 0. The van der Waals surface area contributed by atoms with Gasteiger partial charge in [-0.05, 0) is 12.2 Å². The van der Waals surface area contributed by atoms with E-state index in [1.165, 1.54) is 0 Å². The van der Waals surface area contributed by atoms with Crippen LogP contribution in [0, 0.1) is 0 Å². The summed E-state index contributed by atoms with van der Waals surface area (Å²) in [6.07, 6.45) is 5.71. The zero-order valence-electron chi connectivity index (χ0n) is 4.83. The Morgan fingerprint density at radius 1 is 1.67 bits per heavy atom. The molecule has 0 amide bonds. The zero-order valence-corrected chi connectivity index (χ0v) is 4.83. The minimum absolute atomic E-state index is 0.0370. The second kappa shape index (κ2) is 1.76. The largest absolute Gasteiger partial charge is 0.461 e. The molecule has 1 fully saturated rings. The fourth-order valence-electron chi connectivity index (χ4n) is 0.882. The van der Waals surface area contributed by atoms with Gasteiger partial charge in [-0.15, -0.1) is 0 Å². The van der Waals surface area contributed by atoms with E-state index in [9.17, 15) is 0 Å². The molecule has 2 rings (SSSR count). The van der Waals surface area contributed by atoms with Crippen molar-refractivity contribution in [3.8, 4) is 0 Å². The van der Waals surface area contributed by atoms with E-state index in [1.54, 1.807) is 0 Å². The van der Waals surface area contributed by atoms with E-state index >= 15 is 0 Å².